The molecule has 0 saturated heterocycles. The Labute approximate surface area is 94.1 Å². The van der Waals surface area contributed by atoms with Crippen molar-refractivity contribution in [2.45, 2.75) is 64.3 Å². The van der Waals surface area contributed by atoms with Crippen molar-refractivity contribution in [3.63, 3.8) is 0 Å². The van der Waals surface area contributed by atoms with E-state index in [2.05, 4.69) is 18.3 Å². The Balaban J connectivity index is 2.19. The van der Waals surface area contributed by atoms with Gasteiger partial charge >= 0.3 is 0 Å². The van der Waals surface area contributed by atoms with Gasteiger partial charge in [0.05, 0.1) is 6.07 Å². The summed E-state index contributed by atoms with van der Waals surface area (Å²) in [6, 6.07) is 2.90. The normalized spacial score (nSPS) is 19.7. The van der Waals surface area contributed by atoms with Crippen molar-refractivity contribution in [3.05, 3.63) is 0 Å². The minimum absolute atomic E-state index is 0.689. The molecule has 0 spiro atoms. The number of nitrogens with zero attached hydrogens (tertiary/aromatic N) is 1. The zero-order chi connectivity index (χ0) is 10.9. The van der Waals surface area contributed by atoms with Crippen LogP contribution in [0.5, 0.6) is 0 Å². The van der Waals surface area contributed by atoms with Gasteiger partial charge in [0.25, 0.3) is 0 Å². The molecule has 2 heteroatoms. The van der Waals surface area contributed by atoms with Crippen molar-refractivity contribution < 1.29 is 0 Å². The van der Waals surface area contributed by atoms with E-state index in [0.29, 0.717) is 12.5 Å². The molecule has 0 bridgehead atoms. The van der Waals surface area contributed by atoms with Gasteiger partial charge in [0.2, 0.25) is 0 Å². The van der Waals surface area contributed by atoms with E-state index in [4.69, 9.17) is 5.26 Å². The first kappa shape index (κ1) is 12.5. The zero-order valence-electron chi connectivity index (χ0n) is 9.97. The number of hydrogen-bond acceptors (Lipinski definition) is 2. The topological polar surface area (TPSA) is 35.8 Å². The molecule has 0 aromatic rings. The van der Waals surface area contributed by atoms with E-state index in [-0.39, 0.29) is 0 Å². The number of nitrogens with one attached hydrogen (secondary N) is 1. The number of hydrogen-bond donors (Lipinski definition) is 1. The third-order valence-electron chi connectivity index (χ3n) is 3.53. The van der Waals surface area contributed by atoms with Crippen molar-refractivity contribution in [3.8, 4) is 6.07 Å². The molecule has 1 fully saturated rings. The molecular weight excluding hydrogens is 184 g/mol. The van der Waals surface area contributed by atoms with Crippen molar-refractivity contribution >= 4 is 0 Å². The van der Waals surface area contributed by atoms with Crippen LogP contribution in [-0.2, 0) is 0 Å². The second-order valence-corrected chi connectivity index (χ2v) is 4.63. The SMILES string of the molecule is CCC(NCCCC#N)C1CCCCC1. The smallest absolute Gasteiger partial charge is 0.0622 e. The molecule has 1 atom stereocenters. The Hall–Kier alpha value is -0.550. The van der Waals surface area contributed by atoms with Gasteiger partial charge in [-0.2, -0.15) is 5.26 Å². The second kappa shape index (κ2) is 7.70. The molecule has 15 heavy (non-hydrogen) atoms. The monoisotopic (exact) mass is 208 g/mol. The van der Waals surface area contributed by atoms with Gasteiger partial charge in [-0.15, -0.1) is 0 Å². The van der Waals surface area contributed by atoms with Crippen molar-refractivity contribution in [1.29, 1.82) is 5.26 Å². The number of rotatable bonds is 6. The van der Waals surface area contributed by atoms with E-state index in [9.17, 15) is 0 Å². The van der Waals surface area contributed by atoms with Gasteiger partial charge in [0.15, 0.2) is 0 Å². The van der Waals surface area contributed by atoms with E-state index in [1.807, 2.05) is 0 Å². The molecule has 1 aliphatic rings. The lowest BCUT2D eigenvalue weighted by Gasteiger charge is -2.30. The molecule has 1 aliphatic carbocycles. The van der Waals surface area contributed by atoms with E-state index in [0.717, 1.165) is 18.9 Å². The first-order valence-corrected chi connectivity index (χ1v) is 6.48. The molecular formula is C13H24N2. The summed E-state index contributed by atoms with van der Waals surface area (Å²) in [7, 11) is 0. The lowest BCUT2D eigenvalue weighted by atomic mass is 9.83. The van der Waals surface area contributed by atoms with Crippen LogP contribution in [0.3, 0.4) is 0 Å². The average molecular weight is 208 g/mol. The molecule has 0 heterocycles. The fourth-order valence-corrected chi connectivity index (χ4v) is 2.64. The Morgan fingerprint density at radius 1 is 1.33 bits per heavy atom. The predicted octanol–water partition coefficient (Wildman–Crippen LogP) is 3.24. The van der Waals surface area contributed by atoms with E-state index < -0.39 is 0 Å². The maximum atomic E-state index is 8.46. The van der Waals surface area contributed by atoms with Crippen molar-refractivity contribution in [2.24, 2.45) is 5.92 Å². The van der Waals surface area contributed by atoms with E-state index in [1.54, 1.807) is 0 Å². The van der Waals surface area contributed by atoms with Gasteiger partial charge in [-0.1, -0.05) is 26.2 Å². The molecule has 1 saturated carbocycles. The summed E-state index contributed by atoms with van der Waals surface area (Å²) in [5.41, 5.74) is 0. The summed E-state index contributed by atoms with van der Waals surface area (Å²) in [6.07, 6.45) is 10.0. The highest BCUT2D eigenvalue weighted by molar-refractivity contribution is 4.79. The summed E-state index contributed by atoms with van der Waals surface area (Å²) >= 11 is 0. The highest BCUT2D eigenvalue weighted by Crippen LogP contribution is 2.27. The molecule has 0 aromatic carbocycles. The van der Waals surface area contributed by atoms with E-state index >= 15 is 0 Å². The Morgan fingerprint density at radius 3 is 2.67 bits per heavy atom. The third kappa shape index (κ3) is 4.66. The first-order chi connectivity index (χ1) is 7.38. The minimum atomic E-state index is 0.689. The predicted molar refractivity (Wildman–Crippen MR) is 63.5 cm³/mol. The number of unbranched alkanes of at least 4 members (excludes halogenated alkanes) is 1. The van der Waals surface area contributed by atoms with Gasteiger partial charge in [-0.25, -0.2) is 0 Å². The summed E-state index contributed by atoms with van der Waals surface area (Å²) in [5, 5.41) is 12.1. The maximum absolute atomic E-state index is 8.46. The van der Waals surface area contributed by atoms with Gasteiger partial charge in [-0.3, -0.25) is 0 Å². The lowest BCUT2D eigenvalue weighted by Crippen LogP contribution is -2.37. The molecule has 1 rings (SSSR count). The van der Waals surface area contributed by atoms with Gasteiger partial charge in [0, 0.05) is 12.5 Å². The fraction of sp³-hybridized carbons (Fsp3) is 0.923. The molecule has 0 radical (unpaired) electrons. The van der Waals surface area contributed by atoms with Crippen LogP contribution in [0.1, 0.15) is 58.3 Å². The summed E-state index contributed by atoms with van der Waals surface area (Å²) < 4.78 is 0. The molecule has 2 nitrogen and oxygen atoms in total. The number of nitriles is 1. The fourth-order valence-electron chi connectivity index (χ4n) is 2.64. The quantitative estimate of drug-likeness (QED) is 0.680. The van der Waals surface area contributed by atoms with Crippen molar-refractivity contribution in [2.75, 3.05) is 6.54 Å². The van der Waals surface area contributed by atoms with Crippen LogP contribution in [0.25, 0.3) is 0 Å². The van der Waals surface area contributed by atoms with Crippen LogP contribution >= 0.6 is 0 Å². The molecule has 0 aliphatic heterocycles. The zero-order valence-corrected chi connectivity index (χ0v) is 9.97. The average Bonchev–Trinajstić information content (AvgIpc) is 2.30. The largest absolute Gasteiger partial charge is 0.314 e. The third-order valence-corrected chi connectivity index (χ3v) is 3.53. The van der Waals surface area contributed by atoms with E-state index in [1.165, 1.54) is 38.5 Å². The van der Waals surface area contributed by atoms with Crippen LogP contribution in [0, 0.1) is 17.2 Å². The summed E-state index contributed by atoms with van der Waals surface area (Å²) in [5.74, 6) is 0.894. The van der Waals surface area contributed by atoms with Crippen LogP contribution < -0.4 is 5.32 Å². The van der Waals surface area contributed by atoms with Gasteiger partial charge in [0.1, 0.15) is 0 Å². The minimum Gasteiger partial charge on any atom is -0.314 e. The molecule has 86 valence electrons. The highest BCUT2D eigenvalue weighted by Gasteiger charge is 2.21. The standard InChI is InChI=1S/C13H24N2/c1-2-13(15-11-7-6-10-14)12-8-4-3-5-9-12/h12-13,15H,2-9,11H2,1H3. The summed E-state index contributed by atoms with van der Waals surface area (Å²) in [4.78, 5) is 0. The lowest BCUT2D eigenvalue weighted by molar-refractivity contribution is 0.263. The van der Waals surface area contributed by atoms with Crippen molar-refractivity contribution in [1.82, 2.24) is 5.32 Å². The molecule has 1 N–H and O–H groups in total. The van der Waals surface area contributed by atoms with Crippen LogP contribution in [0.4, 0.5) is 0 Å². The Bertz CT molecular complexity index is 189. The molecule has 0 amide bonds. The Morgan fingerprint density at radius 2 is 2.07 bits per heavy atom. The maximum Gasteiger partial charge on any atom is 0.0622 e. The van der Waals surface area contributed by atoms with Crippen LogP contribution in [-0.4, -0.2) is 12.6 Å². The highest BCUT2D eigenvalue weighted by atomic mass is 14.9. The Kier molecular flexibility index (Phi) is 6.43. The van der Waals surface area contributed by atoms with Crippen LogP contribution in [0.15, 0.2) is 0 Å². The van der Waals surface area contributed by atoms with Gasteiger partial charge < -0.3 is 5.32 Å². The second-order valence-electron chi connectivity index (χ2n) is 4.63. The molecule has 0 aromatic heterocycles. The van der Waals surface area contributed by atoms with Gasteiger partial charge in [-0.05, 0) is 38.1 Å². The molecule has 1 unspecified atom stereocenters. The van der Waals surface area contributed by atoms with Crippen LogP contribution in [0.2, 0.25) is 0 Å². The summed E-state index contributed by atoms with van der Waals surface area (Å²) in [6.45, 7) is 3.29. The first-order valence-electron chi connectivity index (χ1n) is 6.48.